The van der Waals surface area contributed by atoms with Gasteiger partial charge in [-0.25, -0.2) is 4.79 Å². The van der Waals surface area contributed by atoms with Gasteiger partial charge in [0.15, 0.2) is 11.3 Å². The molecular formula is C25H25N5O4. The minimum atomic E-state index is -0.590. The fourth-order valence-corrected chi connectivity index (χ4v) is 4.00. The Hall–Kier alpha value is -4.27. The van der Waals surface area contributed by atoms with E-state index in [4.69, 9.17) is 0 Å². The summed E-state index contributed by atoms with van der Waals surface area (Å²) >= 11 is 0. The fourth-order valence-electron chi connectivity index (χ4n) is 4.00. The van der Waals surface area contributed by atoms with E-state index in [1.165, 1.54) is 11.5 Å². The van der Waals surface area contributed by atoms with Crippen molar-refractivity contribution in [3.8, 4) is 0 Å². The number of hydrogen-bond donors (Lipinski definition) is 1. The number of benzene rings is 2. The maximum atomic E-state index is 13.5. The zero-order valence-electron chi connectivity index (χ0n) is 19.2. The summed E-state index contributed by atoms with van der Waals surface area (Å²) in [5.41, 5.74) is 1.77. The molecule has 34 heavy (non-hydrogen) atoms. The molecule has 2 aromatic carbocycles. The minimum Gasteiger partial charge on any atom is -0.325 e. The van der Waals surface area contributed by atoms with Crippen molar-refractivity contribution < 1.29 is 9.59 Å². The molecule has 2 aromatic heterocycles. The molecule has 174 valence electrons. The van der Waals surface area contributed by atoms with Gasteiger partial charge >= 0.3 is 5.69 Å². The third-order valence-electron chi connectivity index (χ3n) is 5.61. The molecule has 2 heterocycles. The van der Waals surface area contributed by atoms with Gasteiger partial charge in [0.1, 0.15) is 12.1 Å². The van der Waals surface area contributed by atoms with E-state index in [1.807, 2.05) is 37.3 Å². The smallest absolute Gasteiger partial charge is 0.325 e. The molecule has 4 rings (SSSR count). The van der Waals surface area contributed by atoms with Gasteiger partial charge in [-0.3, -0.25) is 28.2 Å². The Morgan fingerprint density at radius 1 is 0.971 bits per heavy atom. The second-order valence-corrected chi connectivity index (χ2v) is 8.03. The van der Waals surface area contributed by atoms with Gasteiger partial charge in [-0.15, -0.1) is 0 Å². The Morgan fingerprint density at radius 3 is 2.38 bits per heavy atom. The molecule has 0 unspecified atom stereocenters. The number of anilines is 1. The van der Waals surface area contributed by atoms with Gasteiger partial charge in [-0.05, 0) is 38.5 Å². The molecule has 9 nitrogen and oxygen atoms in total. The summed E-state index contributed by atoms with van der Waals surface area (Å²) in [6.45, 7) is 5.21. The molecule has 0 aliphatic carbocycles. The third-order valence-corrected chi connectivity index (χ3v) is 5.61. The molecule has 0 saturated heterocycles. The van der Waals surface area contributed by atoms with Crippen molar-refractivity contribution in [3.63, 3.8) is 0 Å². The first-order chi connectivity index (χ1) is 16.3. The van der Waals surface area contributed by atoms with Crippen LogP contribution >= 0.6 is 0 Å². The average Bonchev–Trinajstić information content (AvgIpc) is 3.16. The zero-order chi connectivity index (χ0) is 24.4. The van der Waals surface area contributed by atoms with Gasteiger partial charge in [0.2, 0.25) is 5.91 Å². The summed E-state index contributed by atoms with van der Waals surface area (Å²) in [5, 5.41) is 7.15. The van der Waals surface area contributed by atoms with Gasteiger partial charge in [-0.1, -0.05) is 42.5 Å². The number of aryl methyl sites for hydroxylation is 2. The van der Waals surface area contributed by atoms with Crippen LogP contribution in [-0.2, 0) is 24.4 Å². The molecule has 1 amide bonds. The lowest BCUT2D eigenvalue weighted by Gasteiger charge is -2.13. The second-order valence-electron chi connectivity index (χ2n) is 8.03. The summed E-state index contributed by atoms with van der Waals surface area (Å²) in [4.78, 5) is 51.4. The number of ketones is 1. The van der Waals surface area contributed by atoms with Crippen LogP contribution in [0.1, 0.15) is 35.5 Å². The van der Waals surface area contributed by atoms with Crippen molar-refractivity contribution in [1.29, 1.82) is 0 Å². The first-order valence-electron chi connectivity index (χ1n) is 11.0. The number of amides is 1. The standard InChI is InChI=1S/C25H25N5O4/c1-4-30-23-22(16(2)27-30)28(15-21(32)26-20-12-8-11-19(13-20)17(3)31)25(34)29(24(23)33)14-18-9-6-5-7-10-18/h5-13H,4,14-15H2,1-3H3,(H,26,32). The highest BCUT2D eigenvalue weighted by molar-refractivity contribution is 5.97. The van der Waals surface area contributed by atoms with Crippen LogP contribution in [0.4, 0.5) is 5.69 Å². The topological polar surface area (TPSA) is 108 Å². The van der Waals surface area contributed by atoms with Crippen molar-refractivity contribution >= 4 is 28.4 Å². The summed E-state index contributed by atoms with van der Waals surface area (Å²) < 4.78 is 3.98. The van der Waals surface area contributed by atoms with E-state index in [9.17, 15) is 19.2 Å². The highest BCUT2D eigenvalue weighted by Crippen LogP contribution is 2.15. The second kappa shape index (κ2) is 9.30. The number of hydrogen-bond acceptors (Lipinski definition) is 5. The lowest BCUT2D eigenvalue weighted by Crippen LogP contribution is -2.42. The number of carbonyl (C=O) groups is 2. The van der Waals surface area contributed by atoms with Crippen molar-refractivity contribution in [2.45, 2.75) is 40.4 Å². The molecule has 0 saturated carbocycles. The number of Topliss-reactive ketones (excluding diaryl/α,β-unsaturated/α-hetero) is 1. The fraction of sp³-hybridized carbons (Fsp3) is 0.240. The number of nitrogens with zero attached hydrogens (tertiary/aromatic N) is 4. The van der Waals surface area contributed by atoms with Crippen LogP contribution in [-0.4, -0.2) is 30.6 Å². The van der Waals surface area contributed by atoms with Crippen LogP contribution in [0.2, 0.25) is 0 Å². The van der Waals surface area contributed by atoms with Crippen LogP contribution in [0.25, 0.3) is 11.0 Å². The van der Waals surface area contributed by atoms with Gasteiger partial charge in [0.05, 0.1) is 12.2 Å². The minimum absolute atomic E-state index is 0.0741. The van der Waals surface area contributed by atoms with E-state index >= 15 is 0 Å². The van der Waals surface area contributed by atoms with E-state index in [2.05, 4.69) is 10.4 Å². The summed E-state index contributed by atoms with van der Waals surface area (Å²) in [6.07, 6.45) is 0. The SMILES string of the molecule is CCn1nc(C)c2c1c(=O)n(Cc1ccccc1)c(=O)n2CC(=O)Nc1cccc(C(C)=O)c1. The predicted octanol–water partition coefficient (Wildman–Crippen LogP) is 2.58. The largest absolute Gasteiger partial charge is 0.332 e. The van der Waals surface area contributed by atoms with Crippen molar-refractivity contribution in [2.75, 3.05) is 5.32 Å². The van der Waals surface area contributed by atoms with Crippen molar-refractivity contribution in [2.24, 2.45) is 0 Å². The summed E-state index contributed by atoms with van der Waals surface area (Å²) in [5.74, 6) is -0.581. The Labute approximate surface area is 195 Å². The lowest BCUT2D eigenvalue weighted by molar-refractivity contribution is -0.116. The third kappa shape index (κ3) is 4.32. The van der Waals surface area contributed by atoms with Gasteiger partial charge in [-0.2, -0.15) is 5.10 Å². The van der Waals surface area contributed by atoms with Crippen LogP contribution in [0.3, 0.4) is 0 Å². The molecule has 0 aliphatic heterocycles. The molecule has 0 atom stereocenters. The van der Waals surface area contributed by atoms with Gasteiger partial charge < -0.3 is 5.32 Å². The van der Waals surface area contributed by atoms with Gasteiger partial charge in [0, 0.05) is 17.8 Å². The Kier molecular flexibility index (Phi) is 6.27. The monoisotopic (exact) mass is 459 g/mol. The molecule has 0 bridgehead atoms. The first kappa shape index (κ1) is 22.9. The first-order valence-corrected chi connectivity index (χ1v) is 11.0. The Morgan fingerprint density at radius 2 is 1.71 bits per heavy atom. The van der Waals surface area contributed by atoms with Crippen molar-refractivity contribution in [1.82, 2.24) is 18.9 Å². The van der Waals surface area contributed by atoms with E-state index in [-0.39, 0.29) is 24.4 Å². The van der Waals surface area contributed by atoms with Crippen LogP contribution < -0.4 is 16.6 Å². The molecule has 0 fully saturated rings. The maximum Gasteiger partial charge on any atom is 0.332 e. The molecule has 0 radical (unpaired) electrons. The maximum absolute atomic E-state index is 13.5. The van der Waals surface area contributed by atoms with Crippen LogP contribution in [0.5, 0.6) is 0 Å². The predicted molar refractivity (Wildman–Crippen MR) is 129 cm³/mol. The van der Waals surface area contributed by atoms with Crippen LogP contribution in [0.15, 0.2) is 64.2 Å². The Balaban J connectivity index is 1.79. The average molecular weight is 460 g/mol. The molecule has 1 N–H and O–H groups in total. The Bertz CT molecular complexity index is 1510. The lowest BCUT2D eigenvalue weighted by atomic mass is 10.1. The van der Waals surface area contributed by atoms with E-state index in [1.54, 1.807) is 35.9 Å². The molecule has 0 aliphatic rings. The number of nitrogens with one attached hydrogen (secondary N) is 1. The van der Waals surface area contributed by atoms with Gasteiger partial charge in [0.25, 0.3) is 5.56 Å². The quantitative estimate of drug-likeness (QED) is 0.428. The number of carbonyl (C=O) groups excluding carboxylic acids is 2. The van der Waals surface area contributed by atoms with Crippen molar-refractivity contribution in [3.05, 3.63) is 92.3 Å². The van der Waals surface area contributed by atoms with Crippen LogP contribution in [0, 0.1) is 6.92 Å². The van der Waals surface area contributed by atoms with E-state index in [0.29, 0.717) is 29.0 Å². The molecular weight excluding hydrogens is 434 g/mol. The molecule has 0 spiro atoms. The molecule has 9 heteroatoms. The highest BCUT2D eigenvalue weighted by Gasteiger charge is 2.21. The highest BCUT2D eigenvalue weighted by atomic mass is 16.2. The molecule has 4 aromatic rings. The van der Waals surface area contributed by atoms with E-state index in [0.717, 1.165) is 10.1 Å². The number of rotatable bonds is 7. The van der Waals surface area contributed by atoms with E-state index < -0.39 is 17.2 Å². The normalized spacial score (nSPS) is 11.0. The zero-order valence-corrected chi connectivity index (χ0v) is 19.2. The number of aromatic nitrogens is 4. The summed E-state index contributed by atoms with van der Waals surface area (Å²) in [6, 6.07) is 15.8. The summed E-state index contributed by atoms with van der Waals surface area (Å²) in [7, 11) is 0. The number of fused-ring (bicyclic) bond motifs is 1.